The Morgan fingerprint density at radius 1 is 1.27 bits per heavy atom. The molecule has 0 fully saturated rings. The van der Waals surface area contributed by atoms with E-state index < -0.39 is 0 Å². The molecule has 0 unspecified atom stereocenters. The average molecular weight is 366 g/mol. The van der Waals surface area contributed by atoms with E-state index in [1.165, 1.54) is 5.56 Å². The van der Waals surface area contributed by atoms with Gasteiger partial charge in [0, 0.05) is 31.9 Å². The number of aromatic nitrogens is 2. The predicted molar refractivity (Wildman–Crippen MR) is 88.3 cm³/mol. The molecule has 0 aliphatic carbocycles. The van der Waals surface area contributed by atoms with E-state index in [1.807, 2.05) is 18.7 Å². The van der Waals surface area contributed by atoms with Gasteiger partial charge in [-0.25, -0.2) is 4.98 Å². The van der Waals surface area contributed by atoms with Crippen LogP contribution in [-0.2, 0) is 13.1 Å². The summed E-state index contributed by atoms with van der Waals surface area (Å²) in [6.45, 7) is 4.18. The van der Waals surface area contributed by atoms with Crippen molar-refractivity contribution < 1.29 is 9.47 Å². The molecule has 0 radical (unpaired) electrons. The standard InChI is InChI=1S/C16H20BrN3O2/c17-14-9-13(10-15-16(14)22-8-2-7-21-15)11-18-3-1-5-20-6-4-19-12-20/h4,6,9-10,12,18H,1-3,5,7-8,11H2. The molecule has 0 saturated heterocycles. The Bertz CT molecular complexity index is 602. The van der Waals surface area contributed by atoms with Crippen LogP contribution in [0.4, 0.5) is 0 Å². The zero-order valence-corrected chi connectivity index (χ0v) is 14.0. The molecule has 2 aromatic rings. The minimum absolute atomic E-state index is 0.706. The van der Waals surface area contributed by atoms with Crippen LogP contribution in [0.25, 0.3) is 0 Å². The van der Waals surface area contributed by atoms with Gasteiger partial charge in [-0.1, -0.05) is 0 Å². The molecule has 118 valence electrons. The monoisotopic (exact) mass is 365 g/mol. The molecule has 6 heteroatoms. The second kappa shape index (κ2) is 7.65. The topological polar surface area (TPSA) is 48.3 Å². The van der Waals surface area contributed by atoms with Crippen LogP contribution >= 0.6 is 15.9 Å². The lowest BCUT2D eigenvalue weighted by molar-refractivity contribution is 0.296. The van der Waals surface area contributed by atoms with E-state index in [9.17, 15) is 0 Å². The second-order valence-electron chi connectivity index (χ2n) is 5.29. The van der Waals surface area contributed by atoms with Crippen molar-refractivity contribution in [1.29, 1.82) is 0 Å². The third kappa shape index (κ3) is 4.01. The number of imidazole rings is 1. The average Bonchev–Trinajstić information content (AvgIpc) is 2.91. The first-order chi connectivity index (χ1) is 10.8. The van der Waals surface area contributed by atoms with E-state index in [-0.39, 0.29) is 0 Å². The van der Waals surface area contributed by atoms with E-state index in [2.05, 4.69) is 42.9 Å². The van der Waals surface area contributed by atoms with Crippen LogP contribution in [0.15, 0.2) is 35.3 Å². The van der Waals surface area contributed by atoms with Crippen molar-refractivity contribution in [2.45, 2.75) is 25.9 Å². The van der Waals surface area contributed by atoms with Crippen molar-refractivity contribution in [1.82, 2.24) is 14.9 Å². The van der Waals surface area contributed by atoms with Crippen LogP contribution in [0, 0.1) is 0 Å². The summed E-state index contributed by atoms with van der Waals surface area (Å²) in [5, 5.41) is 3.46. The lowest BCUT2D eigenvalue weighted by atomic mass is 10.2. The molecule has 22 heavy (non-hydrogen) atoms. The van der Waals surface area contributed by atoms with E-state index in [4.69, 9.17) is 9.47 Å². The smallest absolute Gasteiger partial charge is 0.175 e. The van der Waals surface area contributed by atoms with Crippen LogP contribution < -0.4 is 14.8 Å². The van der Waals surface area contributed by atoms with Gasteiger partial charge < -0.3 is 19.4 Å². The normalized spacial score (nSPS) is 13.9. The molecular weight excluding hydrogens is 346 g/mol. The highest BCUT2D eigenvalue weighted by Crippen LogP contribution is 2.38. The Morgan fingerprint density at radius 2 is 2.18 bits per heavy atom. The highest BCUT2D eigenvalue weighted by atomic mass is 79.9. The van der Waals surface area contributed by atoms with E-state index in [0.29, 0.717) is 13.2 Å². The minimum Gasteiger partial charge on any atom is -0.490 e. The van der Waals surface area contributed by atoms with Crippen LogP contribution in [0.5, 0.6) is 11.5 Å². The summed E-state index contributed by atoms with van der Waals surface area (Å²) in [6.07, 6.45) is 7.63. The molecule has 1 N–H and O–H groups in total. The Balaban J connectivity index is 1.50. The largest absolute Gasteiger partial charge is 0.490 e. The molecule has 1 aromatic heterocycles. The fraction of sp³-hybridized carbons (Fsp3) is 0.438. The van der Waals surface area contributed by atoms with Crippen LogP contribution in [0.2, 0.25) is 0 Å². The summed E-state index contributed by atoms with van der Waals surface area (Å²) in [5.74, 6) is 1.66. The maximum Gasteiger partial charge on any atom is 0.175 e. The molecular formula is C16H20BrN3O2. The third-order valence-electron chi connectivity index (χ3n) is 3.52. The molecule has 0 spiro atoms. The highest BCUT2D eigenvalue weighted by Gasteiger charge is 2.15. The number of nitrogens with zero attached hydrogens (tertiary/aromatic N) is 2. The summed E-state index contributed by atoms with van der Waals surface area (Å²) < 4.78 is 14.5. The zero-order valence-electron chi connectivity index (χ0n) is 12.4. The van der Waals surface area contributed by atoms with Gasteiger partial charge in [0.1, 0.15) is 0 Å². The molecule has 1 aliphatic heterocycles. The molecule has 2 heterocycles. The molecule has 1 aromatic carbocycles. The molecule has 0 amide bonds. The van der Waals surface area contributed by atoms with Gasteiger partial charge >= 0.3 is 0 Å². The van der Waals surface area contributed by atoms with Crippen LogP contribution in [-0.4, -0.2) is 29.3 Å². The van der Waals surface area contributed by atoms with Crippen molar-refractivity contribution in [3.8, 4) is 11.5 Å². The van der Waals surface area contributed by atoms with Gasteiger partial charge in [0.15, 0.2) is 11.5 Å². The van der Waals surface area contributed by atoms with Crippen molar-refractivity contribution in [3.63, 3.8) is 0 Å². The molecule has 0 bridgehead atoms. The molecule has 0 atom stereocenters. The van der Waals surface area contributed by atoms with Gasteiger partial charge in [-0.05, 0) is 46.6 Å². The summed E-state index contributed by atoms with van der Waals surface area (Å²) in [4.78, 5) is 4.04. The second-order valence-corrected chi connectivity index (χ2v) is 6.14. The van der Waals surface area contributed by atoms with Crippen molar-refractivity contribution >= 4 is 15.9 Å². The lowest BCUT2D eigenvalue weighted by Crippen LogP contribution is -2.16. The van der Waals surface area contributed by atoms with Crippen molar-refractivity contribution in [2.75, 3.05) is 19.8 Å². The van der Waals surface area contributed by atoms with Crippen LogP contribution in [0.1, 0.15) is 18.4 Å². The number of rotatable bonds is 6. The Hall–Kier alpha value is -1.53. The first-order valence-corrected chi connectivity index (χ1v) is 8.37. The number of fused-ring (bicyclic) bond motifs is 1. The molecule has 5 nitrogen and oxygen atoms in total. The van der Waals surface area contributed by atoms with Gasteiger partial charge in [0.2, 0.25) is 0 Å². The van der Waals surface area contributed by atoms with Crippen molar-refractivity contribution in [2.24, 2.45) is 0 Å². The summed E-state index contributed by atoms with van der Waals surface area (Å²) in [6, 6.07) is 4.16. The number of benzene rings is 1. The number of hydrogen-bond donors (Lipinski definition) is 1. The lowest BCUT2D eigenvalue weighted by Gasteiger charge is -2.12. The molecule has 0 saturated carbocycles. The summed E-state index contributed by atoms with van der Waals surface area (Å²) >= 11 is 3.57. The SMILES string of the molecule is Brc1cc(CNCCCn2ccnc2)cc2c1OCCCO2. The molecule has 3 rings (SSSR count). The van der Waals surface area contributed by atoms with E-state index in [0.717, 1.165) is 48.4 Å². The quantitative estimate of drug-likeness (QED) is 0.799. The highest BCUT2D eigenvalue weighted by molar-refractivity contribution is 9.10. The Labute approximate surface area is 138 Å². The maximum absolute atomic E-state index is 5.75. The number of hydrogen-bond acceptors (Lipinski definition) is 4. The fourth-order valence-electron chi connectivity index (χ4n) is 2.42. The zero-order chi connectivity index (χ0) is 15.2. The number of ether oxygens (including phenoxy) is 2. The first-order valence-electron chi connectivity index (χ1n) is 7.57. The van der Waals surface area contributed by atoms with Gasteiger partial charge in [-0.2, -0.15) is 0 Å². The minimum atomic E-state index is 0.706. The number of aryl methyl sites for hydroxylation is 1. The summed E-state index contributed by atoms with van der Waals surface area (Å²) in [7, 11) is 0. The maximum atomic E-state index is 5.75. The van der Waals surface area contributed by atoms with E-state index >= 15 is 0 Å². The number of halogens is 1. The van der Waals surface area contributed by atoms with E-state index in [1.54, 1.807) is 0 Å². The fourth-order valence-corrected chi connectivity index (χ4v) is 3.03. The third-order valence-corrected chi connectivity index (χ3v) is 4.11. The van der Waals surface area contributed by atoms with Crippen molar-refractivity contribution in [3.05, 3.63) is 40.9 Å². The van der Waals surface area contributed by atoms with Gasteiger partial charge in [-0.3, -0.25) is 0 Å². The van der Waals surface area contributed by atoms with Gasteiger partial charge in [-0.15, -0.1) is 0 Å². The van der Waals surface area contributed by atoms with Crippen LogP contribution in [0.3, 0.4) is 0 Å². The van der Waals surface area contributed by atoms with Gasteiger partial charge in [0.25, 0.3) is 0 Å². The molecule has 1 aliphatic rings. The summed E-state index contributed by atoms with van der Waals surface area (Å²) in [5.41, 5.74) is 1.19. The Morgan fingerprint density at radius 3 is 3.05 bits per heavy atom. The Kier molecular flexibility index (Phi) is 5.34. The van der Waals surface area contributed by atoms with Gasteiger partial charge in [0.05, 0.1) is 24.0 Å². The number of nitrogens with one attached hydrogen (secondary N) is 1. The first kappa shape index (κ1) is 15.4. The predicted octanol–water partition coefficient (Wildman–Crippen LogP) is 2.99.